The number of fused-ring (bicyclic) bond motifs is 1. The summed E-state index contributed by atoms with van der Waals surface area (Å²) in [6.45, 7) is 4.03. The Bertz CT molecular complexity index is 847. The first kappa shape index (κ1) is 14.2. The summed E-state index contributed by atoms with van der Waals surface area (Å²) < 4.78 is 13.3. The van der Waals surface area contributed by atoms with Crippen molar-refractivity contribution in [3.8, 4) is 11.4 Å². The lowest BCUT2D eigenvalue weighted by Crippen LogP contribution is -2.10. The van der Waals surface area contributed by atoms with Crippen LogP contribution in [0.3, 0.4) is 0 Å². The highest BCUT2D eigenvalue weighted by atomic mass is 35.5. The van der Waals surface area contributed by atoms with E-state index in [0.29, 0.717) is 17.2 Å². The Kier molecular flexibility index (Phi) is 3.52. The van der Waals surface area contributed by atoms with E-state index in [9.17, 15) is 4.39 Å². The van der Waals surface area contributed by atoms with E-state index in [-0.39, 0.29) is 5.02 Å². The van der Waals surface area contributed by atoms with Crippen molar-refractivity contribution in [1.82, 2.24) is 9.97 Å². The minimum Gasteiger partial charge on any atom is -0.308 e. The molecule has 0 spiro atoms. The van der Waals surface area contributed by atoms with E-state index in [1.54, 1.807) is 17.4 Å². The quantitative estimate of drug-likeness (QED) is 0.552. The molecule has 0 aliphatic heterocycles. The molecule has 0 amide bonds. The van der Waals surface area contributed by atoms with Gasteiger partial charge in [-0.05, 0) is 37.6 Å². The normalized spacial score (nSPS) is 11.1. The Morgan fingerprint density at radius 2 is 2.05 bits per heavy atom. The van der Waals surface area contributed by atoms with Crippen LogP contribution in [0, 0.1) is 19.7 Å². The third-order valence-corrected chi connectivity index (χ3v) is 4.73. The van der Waals surface area contributed by atoms with Gasteiger partial charge >= 0.3 is 0 Å². The van der Waals surface area contributed by atoms with E-state index in [4.69, 9.17) is 17.4 Å². The first-order valence-electron chi connectivity index (χ1n) is 6.21. The van der Waals surface area contributed by atoms with Gasteiger partial charge in [0.1, 0.15) is 10.6 Å². The van der Waals surface area contributed by atoms with Crippen LogP contribution < -0.4 is 11.3 Å². The molecule has 2 heterocycles. The molecule has 0 radical (unpaired) electrons. The fraction of sp³-hybridized carbons (Fsp3) is 0.143. The minimum absolute atomic E-state index is 0.0389. The van der Waals surface area contributed by atoms with E-state index in [0.717, 1.165) is 20.7 Å². The Balaban J connectivity index is 2.26. The molecule has 4 nitrogen and oxygen atoms in total. The molecule has 7 heteroatoms. The lowest BCUT2D eigenvalue weighted by Gasteiger charge is -2.07. The average molecular weight is 323 g/mol. The number of nitrogens with zero attached hydrogens (tertiary/aromatic N) is 2. The third kappa shape index (κ3) is 2.35. The smallest absolute Gasteiger partial charge is 0.163 e. The van der Waals surface area contributed by atoms with Gasteiger partial charge in [0.2, 0.25) is 0 Å². The van der Waals surface area contributed by atoms with Crippen molar-refractivity contribution in [1.29, 1.82) is 0 Å². The molecular formula is C14H12ClFN4S. The number of aromatic nitrogens is 2. The van der Waals surface area contributed by atoms with Gasteiger partial charge in [-0.1, -0.05) is 11.6 Å². The second kappa shape index (κ2) is 5.22. The lowest BCUT2D eigenvalue weighted by molar-refractivity contribution is 0.628. The number of hydrogen-bond donors (Lipinski definition) is 2. The van der Waals surface area contributed by atoms with Crippen LogP contribution in [-0.4, -0.2) is 9.97 Å². The fourth-order valence-corrected chi connectivity index (χ4v) is 3.33. The molecule has 0 unspecified atom stereocenters. The summed E-state index contributed by atoms with van der Waals surface area (Å²) in [7, 11) is 0. The van der Waals surface area contributed by atoms with Gasteiger partial charge in [-0.2, -0.15) is 0 Å². The topological polar surface area (TPSA) is 63.8 Å². The number of nitrogens with two attached hydrogens (primary N) is 1. The molecule has 21 heavy (non-hydrogen) atoms. The molecule has 3 rings (SSSR count). The van der Waals surface area contributed by atoms with Crippen LogP contribution in [0.1, 0.15) is 10.4 Å². The molecule has 0 saturated heterocycles. The van der Waals surface area contributed by atoms with Crippen LogP contribution in [0.4, 0.5) is 10.2 Å². The molecule has 108 valence electrons. The third-order valence-electron chi connectivity index (χ3n) is 3.34. The zero-order chi connectivity index (χ0) is 15.1. The van der Waals surface area contributed by atoms with Crippen molar-refractivity contribution in [3.05, 3.63) is 39.5 Å². The van der Waals surface area contributed by atoms with Crippen LogP contribution in [-0.2, 0) is 0 Å². The van der Waals surface area contributed by atoms with Crippen molar-refractivity contribution in [2.45, 2.75) is 13.8 Å². The standard InChI is InChI=1S/C14H12ClFN4S/c1-6-7(2)21-14-11(6)13(20-17)18-12(19-14)8-3-4-10(16)9(15)5-8/h3-5H,17H2,1-2H3,(H,18,19,20). The first-order valence-corrected chi connectivity index (χ1v) is 7.40. The van der Waals surface area contributed by atoms with Crippen molar-refractivity contribution in [2.75, 3.05) is 5.43 Å². The maximum Gasteiger partial charge on any atom is 0.163 e. The number of rotatable bonds is 2. The Labute approximate surface area is 129 Å². The molecule has 3 aromatic rings. The molecule has 0 aliphatic carbocycles. The van der Waals surface area contributed by atoms with Crippen LogP contribution in [0.5, 0.6) is 0 Å². The largest absolute Gasteiger partial charge is 0.308 e. The molecule has 0 aliphatic rings. The second-order valence-electron chi connectivity index (χ2n) is 4.63. The predicted molar refractivity (Wildman–Crippen MR) is 85.1 cm³/mol. The summed E-state index contributed by atoms with van der Waals surface area (Å²) in [4.78, 5) is 10.9. The number of hydrazine groups is 1. The second-order valence-corrected chi connectivity index (χ2v) is 6.24. The van der Waals surface area contributed by atoms with Crippen LogP contribution in [0.25, 0.3) is 21.6 Å². The summed E-state index contributed by atoms with van der Waals surface area (Å²) in [6.07, 6.45) is 0. The number of aryl methyl sites for hydroxylation is 2. The van der Waals surface area contributed by atoms with Crippen LogP contribution >= 0.6 is 22.9 Å². The van der Waals surface area contributed by atoms with Crippen molar-refractivity contribution >= 4 is 39.0 Å². The maximum absolute atomic E-state index is 13.3. The highest BCUT2D eigenvalue weighted by Crippen LogP contribution is 2.35. The molecule has 0 saturated carbocycles. The highest BCUT2D eigenvalue weighted by molar-refractivity contribution is 7.18. The van der Waals surface area contributed by atoms with E-state index in [1.807, 2.05) is 13.8 Å². The van der Waals surface area contributed by atoms with E-state index in [2.05, 4.69) is 15.4 Å². The van der Waals surface area contributed by atoms with Gasteiger partial charge in [-0.3, -0.25) is 0 Å². The molecule has 0 fully saturated rings. The zero-order valence-electron chi connectivity index (χ0n) is 11.4. The number of halogens is 2. The number of nitrogens with one attached hydrogen (secondary N) is 1. The van der Waals surface area contributed by atoms with Gasteiger partial charge in [0, 0.05) is 10.4 Å². The van der Waals surface area contributed by atoms with Gasteiger partial charge in [0.25, 0.3) is 0 Å². The molecule has 3 N–H and O–H groups in total. The molecule has 0 bridgehead atoms. The highest BCUT2D eigenvalue weighted by Gasteiger charge is 2.15. The van der Waals surface area contributed by atoms with E-state index < -0.39 is 5.82 Å². The number of benzene rings is 1. The first-order chi connectivity index (χ1) is 10.0. The lowest BCUT2D eigenvalue weighted by atomic mass is 10.2. The van der Waals surface area contributed by atoms with E-state index in [1.165, 1.54) is 12.1 Å². The Morgan fingerprint density at radius 1 is 1.29 bits per heavy atom. The molecular weight excluding hydrogens is 311 g/mol. The van der Waals surface area contributed by atoms with Crippen LogP contribution in [0.15, 0.2) is 18.2 Å². The van der Waals surface area contributed by atoms with Crippen molar-refractivity contribution in [3.63, 3.8) is 0 Å². The minimum atomic E-state index is -0.471. The summed E-state index contributed by atoms with van der Waals surface area (Å²) in [6, 6.07) is 4.40. The van der Waals surface area contributed by atoms with Gasteiger partial charge in [0.15, 0.2) is 11.6 Å². The fourth-order valence-electron chi connectivity index (χ4n) is 2.12. The molecule has 1 aromatic carbocycles. The maximum atomic E-state index is 13.3. The average Bonchev–Trinajstić information content (AvgIpc) is 2.76. The Morgan fingerprint density at radius 3 is 2.71 bits per heavy atom. The summed E-state index contributed by atoms with van der Waals surface area (Å²) >= 11 is 7.39. The summed E-state index contributed by atoms with van der Waals surface area (Å²) in [5.41, 5.74) is 4.35. The van der Waals surface area contributed by atoms with Gasteiger partial charge in [0.05, 0.1) is 10.4 Å². The van der Waals surface area contributed by atoms with Gasteiger partial charge < -0.3 is 5.43 Å². The predicted octanol–water partition coefficient (Wildman–Crippen LogP) is 4.05. The van der Waals surface area contributed by atoms with Crippen molar-refractivity contribution in [2.24, 2.45) is 5.84 Å². The summed E-state index contributed by atoms with van der Waals surface area (Å²) in [5.74, 6) is 6.11. The van der Waals surface area contributed by atoms with Crippen LogP contribution in [0.2, 0.25) is 5.02 Å². The Hall–Kier alpha value is -1.76. The molecule has 2 aromatic heterocycles. The SMILES string of the molecule is Cc1sc2nc(-c3ccc(F)c(Cl)c3)nc(NN)c2c1C. The number of hydrogen-bond acceptors (Lipinski definition) is 5. The number of nitrogen functional groups attached to an aromatic ring is 1. The number of thiophene rings is 1. The van der Waals surface area contributed by atoms with Gasteiger partial charge in [-0.25, -0.2) is 20.2 Å². The summed E-state index contributed by atoms with van der Waals surface area (Å²) in [5, 5.41) is 0.953. The zero-order valence-corrected chi connectivity index (χ0v) is 12.9. The van der Waals surface area contributed by atoms with Crippen molar-refractivity contribution < 1.29 is 4.39 Å². The monoisotopic (exact) mass is 322 g/mol. The molecule has 0 atom stereocenters. The number of anilines is 1. The van der Waals surface area contributed by atoms with E-state index >= 15 is 0 Å². The van der Waals surface area contributed by atoms with Gasteiger partial charge in [-0.15, -0.1) is 11.3 Å².